The smallest absolute Gasteiger partial charge is 0.399 e. The summed E-state index contributed by atoms with van der Waals surface area (Å²) in [6.45, 7) is 8.36. The van der Waals surface area contributed by atoms with Crippen molar-refractivity contribution in [2.75, 3.05) is 0 Å². The predicted molar refractivity (Wildman–Crippen MR) is 167 cm³/mol. The molecule has 0 radical (unpaired) electrons. The fourth-order valence-corrected chi connectivity index (χ4v) is 6.48. The molecule has 196 valence electrons. The highest BCUT2D eigenvalue weighted by molar-refractivity contribution is 7.27. The van der Waals surface area contributed by atoms with E-state index in [9.17, 15) is 0 Å². The molecule has 0 N–H and O–H groups in total. The monoisotopic (exact) mass is 540 g/mol. The minimum absolute atomic E-state index is 0.412. The maximum Gasteiger partial charge on any atom is 0.496 e. The van der Waals surface area contributed by atoms with Crippen LogP contribution in [0.5, 0.6) is 0 Å². The van der Waals surface area contributed by atoms with Crippen LogP contribution in [0, 0.1) is 0 Å². The van der Waals surface area contributed by atoms with Gasteiger partial charge >= 0.3 is 7.12 Å². The molecule has 4 aromatic carbocycles. The SMILES string of the molecule is CC1(C)OB(c2cccc3c2sc2c(-c4ccccc4)nc(-c4ccc(-c5ccccc5)cc4)nc23)OC1(C)C. The largest absolute Gasteiger partial charge is 0.496 e. The molecule has 1 aliphatic rings. The molecule has 4 nitrogen and oxygen atoms in total. The first-order valence-corrected chi connectivity index (χ1v) is 14.4. The molecule has 6 heteroatoms. The highest BCUT2D eigenvalue weighted by Crippen LogP contribution is 2.41. The second-order valence-electron chi connectivity index (χ2n) is 11.3. The van der Waals surface area contributed by atoms with Gasteiger partial charge in [-0.2, -0.15) is 0 Å². The second kappa shape index (κ2) is 9.38. The van der Waals surface area contributed by atoms with E-state index in [0.29, 0.717) is 5.82 Å². The van der Waals surface area contributed by atoms with Gasteiger partial charge in [-0.1, -0.05) is 103 Å². The van der Waals surface area contributed by atoms with Gasteiger partial charge in [-0.15, -0.1) is 11.3 Å². The summed E-state index contributed by atoms with van der Waals surface area (Å²) in [5, 5.41) is 1.09. The van der Waals surface area contributed by atoms with Crippen molar-refractivity contribution in [3.63, 3.8) is 0 Å². The molecule has 0 amide bonds. The molecule has 40 heavy (non-hydrogen) atoms. The number of hydrogen-bond donors (Lipinski definition) is 0. The Hall–Kier alpha value is -3.84. The lowest BCUT2D eigenvalue weighted by Crippen LogP contribution is -2.41. The number of aromatic nitrogens is 2. The van der Waals surface area contributed by atoms with Crippen molar-refractivity contribution >= 4 is 44.2 Å². The highest BCUT2D eigenvalue weighted by atomic mass is 32.1. The summed E-state index contributed by atoms with van der Waals surface area (Å²) in [5.41, 5.74) is 6.52. The van der Waals surface area contributed by atoms with Crippen molar-refractivity contribution in [1.82, 2.24) is 9.97 Å². The number of hydrogen-bond acceptors (Lipinski definition) is 5. The first-order chi connectivity index (χ1) is 19.3. The van der Waals surface area contributed by atoms with Crippen LogP contribution in [0.2, 0.25) is 0 Å². The molecule has 0 unspecified atom stereocenters. The maximum absolute atomic E-state index is 6.46. The number of rotatable bonds is 4. The molecule has 0 spiro atoms. The van der Waals surface area contributed by atoms with Gasteiger partial charge in [-0.05, 0) is 38.8 Å². The van der Waals surface area contributed by atoms with Crippen molar-refractivity contribution in [3.05, 3.63) is 103 Å². The Morgan fingerprint density at radius 1 is 0.575 bits per heavy atom. The van der Waals surface area contributed by atoms with Crippen molar-refractivity contribution in [1.29, 1.82) is 0 Å². The zero-order valence-electron chi connectivity index (χ0n) is 23.0. The van der Waals surface area contributed by atoms with Gasteiger partial charge in [0.2, 0.25) is 0 Å². The van der Waals surface area contributed by atoms with E-state index in [1.54, 1.807) is 11.3 Å². The van der Waals surface area contributed by atoms with Crippen molar-refractivity contribution in [2.24, 2.45) is 0 Å². The van der Waals surface area contributed by atoms with E-state index in [4.69, 9.17) is 19.3 Å². The zero-order valence-corrected chi connectivity index (χ0v) is 23.8. The van der Waals surface area contributed by atoms with Crippen LogP contribution in [0.15, 0.2) is 103 Å². The number of thiophene rings is 1. The topological polar surface area (TPSA) is 44.2 Å². The van der Waals surface area contributed by atoms with E-state index in [-0.39, 0.29) is 0 Å². The molecule has 3 heterocycles. The van der Waals surface area contributed by atoms with Crippen LogP contribution in [0.1, 0.15) is 27.7 Å². The lowest BCUT2D eigenvalue weighted by molar-refractivity contribution is 0.00578. The minimum Gasteiger partial charge on any atom is -0.399 e. The summed E-state index contributed by atoms with van der Waals surface area (Å²) in [4.78, 5) is 10.3. The molecule has 1 saturated heterocycles. The van der Waals surface area contributed by atoms with Gasteiger partial charge in [-0.25, -0.2) is 9.97 Å². The van der Waals surface area contributed by atoms with E-state index < -0.39 is 18.3 Å². The molecule has 1 fully saturated rings. The summed E-state index contributed by atoms with van der Waals surface area (Å²) in [6.07, 6.45) is 0. The van der Waals surface area contributed by atoms with Crippen LogP contribution in [-0.2, 0) is 9.31 Å². The minimum atomic E-state index is -0.445. The summed E-state index contributed by atoms with van der Waals surface area (Å²) in [5.74, 6) is 0.715. The molecule has 0 bridgehead atoms. The summed E-state index contributed by atoms with van der Waals surface area (Å²) >= 11 is 1.72. The van der Waals surface area contributed by atoms with E-state index in [2.05, 4.69) is 119 Å². The lowest BCUT2D eigenvalue weighted by Gasteiger charge is -2.32. The Bertz CT molecular complexity index is 1830. The molecule has 0 saturated carbocycles. The van der Waals surface area contributed by atoms with Gasteiger partial charge < -0.3 is 9.31 Å². The summed E-state index contributed by atoms with van der Waals surface area (Å²) in [6, 6.07) is 35.6. The Labute approximate surface area is 238 Å². The van der Waals surface area contributed by atoms with Crippen LogP contribution in [0.4, 0.5) is 0 Å². The van der Waals surface area contributed by atoms with Gasteiger partial charge in [0.05, 0.1) is 27.1 Å². The highest BCUT2D eigenvalue weighted by Gasteiger charge is 2.52. The van der Waals surface area contributed by atoms with Gasteiger partial charge in [0.1, 0.15) is 0 Å². The Kier molecular flexibility index (Phi) is 5.90. The van der Waals surface area contributed by atoms with E-state index >= 15 is 0 Å². The van der Waals surface area contributed by atoms with E-state index in [1.807, 2.05) is 12.1 Å². The summed E-state index contributed by atoms with van der Waals surface area (Å²) in [7, 11) is -0.445. The molecule has 0 aliphatic carbocycles. The maximum atomic E-state index is 6.46. The number of nitrogens with zero attached hydrogens (tertiary/aromatic N) is 2. The third kappa shape index (κ3) is 4.15. The molecule has 7 rings (SSSR count). The van der Waals surface area contributed by atoms with Crippen LogP contribution in [-0.4, -0.2) is 28.3 Å². The van der Waals surface area contributed by atoms with E-state index in [1.165, 1.54) is 11.1 Å². The van der Waals surface area contributed by atoms with E-state index in [0.717, 1.165) is 42.6 Å². The van der Waals surface area contributed by atoms with Gasteiger partial charge in [-0.3, -0.25) is 0 Å². The van der Waals surface area contributed by atoms with Crippen molar-refractivity contribution in [3.8, 4) is 33.8 Å². The van der Waals surface area contributed by atoms with Gasteiger partial charge in [0.25, 0.3) is 0 Å². The zero-order chi connectivity index (χ0) is 27.5. The first kappa shape index (κ1) is 25.2. The molecule has 1 aliphatic heterocycles. The summed E-state index contributed by atoms with van der Waals surface area (Å²) < 4.78 is 15.1. The predicted octanol–water partition coefficient (Wildman–Crippen LogP) is 8.14. The quantitative estimate of drug-likeness (QED) is 0.212. The molecule has 2 aromatic heterocycles. The van der Waals surface area contributed by atoms with Crippen LogP contribution >= 0.6 is 11.3 Å². The number of fused-ring (bicyclic) bond motifs is 3. The van der Waals surface area contributed by atoms with Crippen LogP contribution in [0.3, 0.4) is 0 Å². The standard InChI is InChI=1S/C34H29BN2O2S/c1-33(2)34(3,4)39-35(38-33)27-17-11-16-26-29-31(40-30(26)27)28(24-14-9-6-10-15-24)36-32(37-29)25-20-18-23(19-21-25)22-12-7-5-8-13-22/h5-21H,1-4H3. The third-order valence-electron chi connectivity index (χ3n) is 8.17. The fraction of sp³-hybridized carbons (Fsp3) is 0.176. The Morgan fingerprint density at radius 2 is 1.15 bits per heavy atom. The normalized spacial score (nSPS) is 16.1. The van der Waals surface area contributed by atoms with Gasteiger partial charge in [0, 0.05) is 26.7 Å². The molecule has 0 atom stereocenters. The average Bonchev–Trinajstić information content (AvgIpc) is 3.46. The van der Waals surface area contributed by atoms with Gasteiger partial charge in [0.15, 0.2) is 5.82 Å². The first-order valence-electron chi connectivity index (χ1n) is 13.6. The lowest BCUT2D eigenvalue weighted by atomic mass is 9.78. The Balaban J connectivity index is 1.41. The van der Waals surface area contributed by atoms with Crippen LogP contribution in [0.25, 0.3) is 54.1 Å². The second-order valence-corrected chi connectivity index (χ2v) is 12.3. The molecular formula is C34H29BN2O2S. The van der Waals surface area contributed by atoms with Crippen molar-refractivity contribution in [2.45, 2.75) is 38.9 Å². The van der Waals surface area contributed by atoms with Crippen LogP contribution < -0.4 is 5.46 Å². The number of benzene rings is 4. The average molecular weight is 540 g/mol. The Morgan fingerprint density at radius 3 is 1.80 bits per heavy atom. The fourth-order valence-electron chi connectivity index (χ4n) is 5.21. The molecular weight excluding hydrogens is 511 g/mol. The molecule has 6 aromatic rings. The van der Waals surface area contributed by atoms with Crippen molar-refractivity contribution < 1.29 is 9.31 Å². The third-order valence-corrected chi connectivity index (χ3v) is 9.43.